The number of carbonyl (C=O) groups is 1. The first-order chi connectivity index (χ1) is 10.6. The second kappa shape index (κ2) is 6.22. The highest BCUT2D eigenvalue weighted by Crippen LogP contribution is 2.40. The molecule has 0 unspecified atom stereocenters. The van der Waals surface area contributed by atoms with E-state index in [1.165, 1.54) is 30.9 Å². The summed E-state index contributed by atoms with van der Waals surface area (Å²) in [5.74, 6) is 0.693. The van der Waals surface area contributed by atoms with Crippen LogP contribution >= 0.6 is 0 Å². The van der Waals surface area contributed by atoms with E-state index < -0.39 is 0 Å². The summed E-state index contributed by atoms with van der Waals surface area (Å²) in [6, 6.07) is 14.1. The molecule has 0 radical (unpaired) electrons. The molecule has 2 aromatic rings. The number of benzene rings is 2. The second-order valence-corrected chi connectivity index (χ2v) is 5.94. The third-order valence-corrected chi connectivity index (χ3v) is 4.01. The fourth-order valence-corrected chi connectivity index (χ4v) is 2.58. The summed E-state index contributed by atoms with van der Waals surface area (Å²) in [6.07, 6.45) is 3.32. The van der Waals surface area contributed by atoms with Gasteiger partial charge in [-0.3, -0.25) is 4.79 Å². The molecule has 0 atom stereocenters. The van der Waals surface area contributed by atoms with Gasteiger partial charge in [0.15, 0.2) is 0 Å². The summed E-state index contributed by atoms with van der Waals surface area (Å²) < 4.78 is 4.93. The van der Waals surface area contributed by atoms with Gasteiger partial charge in [0.1, 0.15) is 12.4 Å². The molecule has 1 N–H and O–H groups in total. The van der Waals surface area contributed by atoms with Crippen LogP contribution in [-0.4, -0.2) is 11.1 Å². The lowest BCUT2D eigenvalue weighted by Gasteiger charge is -2.08. The Morgan fingerprint density at radius 1 is 1.14 bits per heavy atom. The van der Waals surface area contributed by atoms with Crippen LogP contribution in [0.5, 0.6) is 5.75 Å². The van der Waals surface area contributed by atoms with E-state index >= 15 is 0 Å². The van der Waals surface area contributed by atoms with Crippen LogP contribution in [0.3, 0.4) is 0 Å². The van der Waals surface area contributed by atoms with Gasteiger partial charge in [0.05, 0.1) is 0 Å². The van der Waals surface area contributed by atoms with Gasteiger partial charge >= 0.3 is 5.97 Å². The SMILES string of the molecule is CC(=O)OCc1ccc(Cc2ccc(C3CC3)cc2)c(O)c1. The molecule has 1 aliphatic rings. The van der Waals surface area contributed by atoms with Gasteiger partial charge in [0.25, 0.3) is 0 Å². The van der Waals surface area contributed by atoms with E-state index in [4.69, 9.17) is 4.74 Å². The average Bonchev–Trinajstić information content (AvgIpc) is 3.33. The number of esters is 1. The Balaban J connectivity index is 1.67. The van der Waals surface area contributed by atoms with Crippen molar-refractivity contribution in [1.29, 1.82) is 0 Å². The maximum atomic E-state index is 10.8. The molecule has 3 rings (SSSR count). The number of carbonyl (C=O) groups excluding carboxylic acids is 1. The average molecular weight is 296 g/mol. The fourth-order valence-electron chi connectivity index (χ4n) is 2.58. The van der Waals surface area contributed by atoms with Gasteiger partial charge in [0.2, 0.25) is 0 Å². The highest BCUT2D eigenvalue weighted by molar-refractivity contribution is 5.65. The molecule has 0 aromatic heterocycles. The second-order valence-electron chi connectivity index (χ2n) is 5.94. The minimum absolute atomic E-state index is 0.194. The lowest BCUT2D eigenvalue weighted by atomic mass is 10.0. The molecule has 0 saturated heterocycles. The van der Waals surface area contributed by atoms with Gasteiger partial charge in [-0.1, -0.05) is 36.4 Å². The van der Waals surface area contributed by atoms with Crippen LogP contribution in [0.1, 0.15) is 47.9 Å². The van der Waals surface area contributed by atoms with Crippen molar-refractivity contribution in [2.24, 2.45) is 0 Å². The summed E-state index contributed by atoms with van der Waals surface area (Å²) in [7, 11) is 0. The Bertz CT molecular complexity index is 670. The van der Waals surface area contributed by atoms with Crippen molar-refractivity contribution >= 4 is 5.97 Å². The van der Waals surface area contributed by atoms with E-state index in [-0.39, 0.29) is 18.3 Å². The molecule has 2 aromatic carbocycles. The van der Waals surface area contributed by atoms with Crippen LogP contribution in [0.4, 0.5) is 0 Å². The zero-order chi connectivity index (χ0) is 15.5. The van der Waals surface area contributed by atoms with Gasteiger partial charge < -0.3 is 9.84 Å². The number of aromatic hydroxyl groups is 1. The predicted molar refractivity (Wildman–Crippen MR) is 84.8 cm³/mol. The molecule has 0 heterocycles. The lowest BCUT2D eigenvalue weighted by molar-refractivity contribution is -0.142. The molecule has 3 nitrogen and oxygen atoms in total. The van der Waals surface area contributed by atoms with Crippen LogP contribution in [0, 0.1) is 0 Å². The van der Waals surface area contributed by atoms with E-state index in [2.05, 4.69) is 24.3 Å². The summed E-state index contributed by atoms with van der Waals surface area (Å²) in [6.45, 7) is 1.57. The Kier molecular flexibility index (Phi) is 4.14. The number of hydrogen-bond donors (Lipinski definition) is 1. The summed E-state index contributed by atoms with van der Waals surface area (Å²) in [4.78, 5) is 10.8. The van der Waals surface area contributed by atoms with Crippen molar-refractivity contribution in [2.75, 3.05) is 0 Å². The van der Waals surface area contributed by atoms with Gasteiger partial charge in [-0.2, -0.15) is 0 Å². The zero-order valence-corrected chi connectivity index (χ0v) is 12.7. The topological polar surface area (TPSA) is 46.5 Å². The van der Waals surface area contributed by atoms with Crippen molar-refractivity contribution in [3.05, 3.63) is 64.7 Å². The Labute approximate surface area is 130 Å². The van der Waals surface area contributed by atoms with E-state index in [0.29, 0.717) is 6.42 Å². The largest absolute Gasteiger partial charge is 0.508 e. The highest BCUT2D eigenvalue weighted by Gasteiger charge is 2.22. The highest BCUT2D eigenvalue weighted by atomic mass is 16.5. The number of phenols is 1. The first-order valence-electron chi connectivity index (χ1n) is 7.65. The molecule has 0 bridgehead atoms. The Hall–Kier alpha value is -2.29. The summed E-state index contributed by atoms with van der Waals surface area (Å²) in [5, 5.41) is 10.1. The maximum absolute atomic E-state index is 10.8. The molecule has 1 aliphatic carbocycles. The van der Waals surface area contributed by atoms with E-state index in [9.17, 15) is 9.90 Å². The van der Waals surface area contributed by atoms with Crippen LogP contribution in [0.15, 0.2) is 42.5 Å². The van der Waals surface area contributed by atoms with Crippen molar-refractivity contribution in [1.82, 2.24) is 0 Å². The first kappa shape index (κ1) is 14.6. The molecule has 22 heavy (non-hydrogen) atoms. The molecule has 1 fully saturated rings. The number of hydrogen-bond acceptors (Lipinski definition) is 3. The molecule has 114 valence electrons. The fraction of sp³-hybridized carbons (Fsp3) is 0.316. The predicted octanol–water partition coefficient (Wildman–Crippen LogP) is 3.92. The Morgan fingerprint density at radius 3 is 2.41 bits per heavy atom. The van der Waals surface area contributed by atoms with E-state index in [1.54, 1.807) is 6.07 Å². The number of ether oxygens (including phenoxy) is 1. The monoisotopic (exact) mass is 296 g/mol. The molecular formula is C19H20O3. The van der Waals surface area contributed by atoms with Crippen LogP contribution in [-0.2, 0) is 22.6 Å². The van der Waals surface area contributed by atoms with Gasteiger partial charge in [-0.05, 0) is 47.1 Å². The quantitative estimate of drug-likeness (QED) is 0.851. The smallest absolute Gasteiger partial charge is 0.302 e. The first-order valence-corrected chi connectivity index (χ1v) is 7.65. The van der Waals surface area contributed by atoms with E-state index in [1.807, 2.05) is 12.1 Å². The van der Waals surface area contributed by atoms with Crippen molar-refractivity contribution in [3.63, 3.8) is 0 Å². The van der Waals surface area contributed by atoms with Gasteiger partial charge in [0, 0.05) is 13.3 Å². The third kappa shape index (κ3) is 3.67. The third-order valence-electron chi connectivity index (χ3n) is 4.01. The normalized spacial score (nSPS) is 13.9. The molecular weight excluding hydrogens is 276 g/mol. The molecule has 3 heteroatoms. The van der Waals surface area contributed by atoms with Crippen LogP contribution in [0.25, 0.3) is 0 Å². The molecule has 1 saturated carbocycles. The minimum atomic E-state index is -0.320. The number of rotatable bonds is 5. The summed E-state index contributed by atoms with van der Waals surface area (Å²) in [5.41, 5.74) is 4.28. The van der Waals surface area contributed by atoms with Gasteiger partial charge in [-0.25, -0.2) is 0 Å². The van der Waals surface area contributed by atoms with Crippen molar-refractivity contribution in [2.45, 2.75) is 38.7 Å². The Morgan fingerprint density at radius 2 is 1.82 bits per heavy atom. The summed E-state index contributed by atoms with van der Waals surface area (Å²) >= 11 is 0. The zero-order valence-electron chi connectivity index (χ0n) is 12.7. The van der Waals surface area contributed by atoms with Crippen molar-refractivity contribution in [3.8, 4) is 5.75 Å². The van der Waals surface area contributed by atoms with Crippen LogP contribution < -0.4 is 0 Å². The minimum Gasteiger partial charge on any atom is -0.508 e. The molecule has 0 amide bonds. The maximum Gasteiger partial charge on any atom is 0.302 e. The molecule has 0 spiro atoms. The van der Waals surface area contributed by atoms with Gasteiger partial charge in [-0.15, -0.1) is 0 Å². The van der Waals surface area contributed by atoms with Crippen molar-refractivity contribution < 1.29 is 14.6 Å². The standard InChI is InChI=1S/C19H20O3/c1-13(20)22-12-15-4-7-18(19(21)11-15)10-14-2-5-16(6-3-14)17-8-9-17/h2-7,11,17,21H,8-10,12H2,1H3. The number of phenolic OH excluding ortho intramolecular Hbond substituents is 1. The van der Waals surface area contributed by atoms with E-state index in [0.717, 1.165) is 17.0 Å². The van der Waals surface area contributed by atoms with Crippen LogP contribution in [0.2, 0.25) is 0 Å². The lowest BCUT2D eigenvalue weighted by Crippen LogP contribution is -1.99. The molecule has 0 aliphatic heterocycles.